The van der Waals surface area contributed by atoms with Crippen LogP contribution in [0.25, 0.3) is 0 Å². The van der Waals surface area contributed by atoms with Crippen LogP contribution in [0.4, 0.5) is 0 Å². The molecule has 0 aromatic carbocycles. The van der Waals surface area contributed by atoms with Crippen molar-refractivity contribution in [2.45, 2.75) is 19.5 Å². The fourth-order valence-corrected chi connectivity index (χ4v) is 3.27. The van der Waals surface area contributed by atoms with Gasteiger partial charge in [-0.05, 0) is 75.6 Å². The maximum atomic E-state index is 4.48. The van der Waals surface area contributed by atoms with Gasteiger partial charge in [0.15, 0.2) is 0 Å². The first-order valence-corrected chi connectivity index (χ1v) is 9.43. The Morgan fingerprint density at radius 1 is 0.739 bits per heavy atom. The van der Waals surface area contributed by atoms with Gasteiger partial charge in [-0.15, -0.1) is 0 Å². The summed E-state index contributed by atoms with van der Waals surface area (Å²) in [6, 6.07) is 8.31. The summed E-state index contributed by atoms with van der Waals surface area (Å²) in [6.45, 7) is 6.27. The van der Waals surface area contributed by atoms with Gasteiger partial charge in [-0.2, -0.15) is 0 Å². The van der Waals surface area contributed by atoms with Gasteiger partial charge < -0.3 is 0 Å². The summed E-state index contributed by atoms with van der Waals surface area (Å²) in [5, 5.41) is 0. The lowest BCUT2D eigenvalue weighted by Crippen LogP contribution is -2.30. The minimum absolute atomic E-state index is 0.928. The topological polar surface area (TPSA) is 32.3 Å². The van der Waals surface area contributed by atoms with Crippen molar-refractivity contribution in [1.82, 2.24) is 19.8 Å². The first-order valence-electron chi connectivity index (χ1n) is 7.84. The van der Waals surface area contributed by atoms with Crippen LogP contribution in [0, 0.1) is 0 Å². The van der Waals surface area contributed by atoms with Crippen molar-refractivity contribution in [2.75, 3.05) is 26.2 Å². The van der Waals surface area contributed by atoms with Crippen molar-refractivity contribution in [3.05, 3.63) is 57.0 Å². The van der Waals surface area contributed by atoms with Gasteiger partial charge in [0, 0.05) is 47.5 Å². The summed E-state index contributed by atoms with van der Waals surface area (Å²) in [4.78, 5) is 13.9. The first-order chi connectivity index (χ1) is 11.2. The van der Waals surface area contributed by atoms with E-state index in [9.17, 15) is 0 Å². The molecule has 23 heavy (non-hydrogen) atoms. The smallest absolute Gasteiger partial charge is 0.0544 e. The fourth-order valence-electron chi connectivity index (χ4n) is 2.80. The van der Waals surface area contributed by atoms with E-state index >= 15 is 0 Å². The Morgan fingerprint density at radius 3 is 1.61 bits per heavy atom. The number of nitrogens with zero attached hydrogens (tertiary/aromatic N) is 4. The second-order valence-electron chi connectivity index (χ2n) is 5.84. The van der Waals surface area contributed by atoms with Crippen molar-refractivity contribution in [3.8, 4) is 0 Å². The van der Waals surface area contributed by atoms with E-state index in [0.717, 1.165) is 59.6 Å². The van der Waals surface area contributed by atoms with Crippen molar-refractivity contribution in [3.63, 3.8) is 0 Å². The SMILES string of the molecule is Brc1ccc(CN2CCCN(Cc3ccc(Br)cn3)CC2)nc1. The zero-order valence-corrected chi connectivity index (χ0v) is 16.1. The lowest BCUT2D eigenvalue weighted by atomic mass is 10.3. The van der Waals surface area contributed by atoms with E-state index in [-0.39, 0.29) is 0 Å². The van der Waals surface area contributed by atoms with Crippen LogP contribution in [0.2, 0.25) is 0 Å². The van der Waals surface area contributed by atoms with E-state index in [1.54, 1.807) is 0 Å². The Morgan fingerprint density at radius 2 is 1.22 bits per heavy atom. The van der Waals surface area contributed by atoms with Gasteiger partial charge in [0.1, 0.15) is 0 Å². The number of pyridine rings is 2. The molecule has 2 aromatic rings. The summed E-state index contributed by atoms with van der Waals surface area (Å²) in [5.41, 5.74) is 2.27. The number of rotatable bonds is 4. The molecule has 122 valence electrons. The Bertz CT molecular complexity index is 560. The zero-order chi connectivity index (χ0) is 16.1. The van der Waals surface area contributed by atoms with Crippen molar-refractivity contribution in [1.29, 1.82) is 0 Å². The second-order valence-corrected chi connectivity index (χ2v) is 7.67. The van der Waals surface area contributed by atoms with Gasteiger partial charge in [0.25, 0.3) is 0 Å². The molecule has 0 bridgehead atoms. The molecule has 3 heterocycles. The molecule has 1 fully saturated rings. The van der Waals surface area contributed by atoms with Crippen LogP contribution >= 0.6 is 31.9 Å². The lowest BCUT2D eigenvalue weighted by Gasteiger charge is -2.21. The molecule has 0 unspecified atom stereocenters. The van der Waals surface area contributed by atoms with E-state index < -0.39 is 0 Å². The Hall–Kier alpha value is -0.820. The molecule has 6 heteroatoms. The van der Waals surface area contributed by atoms with E-state index in [1.807, 2.05) is 12.4 Å². The molecule has 0 amide bonds. The Balaban J connectivity index is 1.52. The van der Waals surface area contributed by atoms with Crippen molar-refractivity contribution >= 4 is 31.9 Å². The van der Waals surface area contributed by atoms with Crippen LogP contribution in [-0.4, -0.2) is 45.9 Å². The number of hydrogen-bond acceptors (Lipinski definition) is 4. The Kier molecular flexibility index (Phi) is 6.16. The Labute approximate surface area is 154 Å². The largest absolute Gasteiger partial charge is 0.296 e. The lowest BCUT2D eigenvalue weighted by molar-refractivity contribution is 0.244. The second kappa shape index (κ2) is 8.33. The van der Waals surface area contributed by atoms with Crippen LogP contribution in [-0.2, 0) is 13.1 Å². The van der Waals surface area contributed by atoms with Crippen molar-refractivity contribution in [2.24, 2.45) is 0 Å². The molecule has 1 aliphatic heterocycles. The number of hydrogen-bond donors (Lipinski definition) is 0. The number of aromatic nitrogens is 2. The molecule has 0 aliphatic carbocycles. The van der Waals surface area contributed by atoms with Crippen LogP contribution in [0.15, 0.2) is 45.6 Å². The van der Waals surface area contributed by atoms with Crippen LogP contribution in [0.3, 0.4) is 0 Å². The van der Waals surface area contributed by atoms with E-state index in [0.29, 0.717) is 0 Å². The third-order valence-corrected chi connectivity index (χ3v) is 4.97. The molecule has 0 spiro atoms. The normalized spacial score (nSPS) is 17.1. The minimum Gasteiger partial charge on any atom is -0.296 e. The molecule has 1 saturated heterocycles. The van der Waals surface area contributed by atoms with Crippen molar-refractivity contribution < 1.29 is 0 Å². The number of halogens is 2. The third kappa shape index (κ3) is 5.35. The molecular weight excluding hydrogens is 420 g/mol. The highest BCUT2D eigenvalue weighted by Crippen LogP contribution is 2.13. The highest BCUT2D eigenvalue weighted by atomic mass is 79.9. The van der Waals surface area contributed by atoms with Gasteiger partial charge in [0.05, 0.1) is 11.4 Å². The predicted molar refractivity (Wildman–Crippen MR) is 99.0 cm³/mol. The molecule has 0 N–H and O–H groups in total. The third-order valence-electron chi connectivity index (χ3n) is 4.03. The summed E-state index contributed by atoms with van der Waals surface area (Å²) in [6.07, 6.45) is 4.93. The van der Waals surface area contributed by atoms with Gasteiger partial charge in [-0.25, -0.2) is 0 Å². The summed E-state index contributed by atoms with van der Waals surface area (Å²) < 4.78 is 2.07. The average Bonchev–Trinajstić information content (AvgIpc) is 2.77. The monoisotopic (exact) mass is 438 g/mol. The van der Waals surface area contributed by atoms with E-state index in [2.05, 4.69) is 75.9 Å². The molecule has 0 radical (unpaired) electrons. The highest BCUT2D eigenvalue weighted by molar-refractivity contribution is 9.10. The fraction of sp³-hybridized carbons (Fsp3) is 0.412. The standard InChI is InChI=1S/C17H20Br2N4/c18-14-2-4-16(20-10-14)12-22-6-1-7-23(9-8-22)13-17-5-3-15(19)11-21-17/h2-5,10-11H,1,6-9,12-13H2. The molecular formula is C17H20Br2N4. The first kappa shape index (κ1) is 17.0. The molecule has 0 atom stereocenters. The van der Waals surface area contributed by atoms with Crippen LogP contribution in [0.1, 0.15) is 17.8 Å². The maximum absolute atomic E-state index is 4.48. The van der Waals surface area contributed by atoms with Gasteiger partial charge >= 0.3 is 0 Å². The van der Waals surface area contributed by atoms with Crippen LogP contribution in [0.5, 0.6) is 0 Å². The highest BCUT2D eigenvalue weighted by Gasteiger charge is 2.16. The minimum atomic E-state index is 0.928. The van der Waals surface area contributed by atoms with Gasteiger partial charge in [0.2, 0.25) is 0 Å². The zero-order valence-electron chi connectivity index (χ0n) is 13.0. The molecule has 0 saturated carbocycles. The summed E-state index contributed by atoms with van der Waals surface area (Å²) >= 11 is 6.87. The molecule has 3 rings (SSSR count). The van der Waals surface area contributed by atoms with E-state index in [4.69, 9.17) is 0 Å². The van der Waals surface area contributed by atoms with Gasteiger partial charge in [-0.1, -0.05) is 0 Å². The molecule has 2 aromatic heterocycles. The van der Waals surface area contributed by atoms with E-state index in [1.165, 1.54) is 6.42 Å². The van der Waals surface area contributed by atoms with Gasteiger partial charge in [-0.3, -0.25) is 19.8 Å². The maximum Gasteiger partial charge on any atom is 0.0544 e. The van der Waals surface area contributed by atoms with Crippen LogP contribution < -0.4 is 0 Å². The average molecular weight is 440 g/mol. The quantitative estimate of drug-likeness (QED) is 0.726. The predicted octanol–water partition coefficient (Wildman–Crippen LogP) is 3.71. The summed E-state index contributed by atoms with van der Waals surface area (Å²) in [7, 11) is 0. The molecule has 4 nitrogen and oxygen atoms in total. The summed E-state index contributed by atoms with van der Waals surface area (Å²) in [5.74, 6) is 0. The molecule has 1 aliphatic rings.